The van der Waals surface area contributed by atoms with Gasteiger partial charge in [0.25, 0.3) is 0 Å². The van der Waals surface area contributed by atoms with E-state index >= 15 is 0 Å². The molecule has 0 radical (unpaired) electrons. The molecular formula is C23H18N6O. The summed E-state index contributed by atoms with van der Waals surface area (Å²) in [6, 6.07) is 15.7. The highest BCUT2D eigenvalue weighted by molar-refractivity contribution is 5.91. The van der Waals surface area contributed by atoms with Crippen molar-refractivity contribution in [2.24, 2.45) is 0 Å². The zero-order valence-electron chi connectivity index (χ0n) is 16.3. The van der Waals surface area contributed by atoms with E-state index in [-0.39, 0.29) is 0 Å². The van der Waals surface area contributed by atoms with Crippen LogP contribution in [0.5, 0.6) is 0 Å². The number of pyridine rings is 1. The van der Waals surface area contributed by atoms with E-state index < -0.39 is 0 Å². The molecule has 0 aliphatic rings. The molecule has 3 heterocycles. The number of nitrogen functional groups attached to an aromatic ring is 1. The van der Waals surface area contributed by atoms with Crippen LogP contribution < -0.4 is 5.73 Å². The first-order valence-corrected chi connectivity index (χ1v) is 9.51. The van der Waals surface area contributed by atoms with Gasteiger partial charge < -0.3 is 10.3 Å². The Morgan fingerprint density at radius 1 is 1.03 bits per heavy atom. The molecule has 0 unspecified atom stereocenters. The van der Waals surface area contributed by atoms with Gasteiger partial charge in [0.1, 0.15) is 11.8 Å². The van der Waals surface area contributed by atoms with Crippen LogP contribution in [-0.2, 0) is 6.54 Å². The van der Waals surface area contributed by atoms with Gasteiger partial charge in [-0.25, -0.2) is 19.9 Å². The molecule has 7 heteroatoms. The summed E-state index contributed by atoms with van der Waals surface area (Å²) in [6.07, 6.45) is 4.00. The number of hydrogen-bond acceptors (Lipinski definition) is 6. The molecule has 5 aromatic rings. The van der Waals surface area contributed by atoms with Crippen molar-refractivity contribution >= 4 is 34.2 Å². The fraction of sp³-hybridized carbons (Fsp3) is 0.0870. The first-order chi connectivity index (χ1) is 14.7. The quantitative estimate of drug-likeness (QED) is 0.466. The lowest BCUT2D eigenvalue weighted by molar-refractivity contribution is 0.112. The van der Waals surface area contributed by atoms with E-state index in [2.05, 4.69) is 21.0 Å². The largest absolute Gasteiger partial charge is 0.382 e. The predicted octanol–water partition coefficient (Wildman–Crippen LogP) is 3.79. The van der Waals surface area contributed by atoms with Crippen LogP contribution in [0.3, 0.4) is 0 Å². The van der Waals surface area contributed by atoms with E-state index in [9.17, 15) is 4.79 Å². The number of benzene rings is 2. The number of fused-ring (bicyclic) bond motifs is 2. The molecule has 0 spiro atoms. The fourth-order valence-electron chi connectivity index (χ4n) is 3.76. The van der Waals surface area contributed by atoms with E-state index in [1.54, 1.807) is 12.4 Å². The van der Waals surface area contributed by atoms with Crippen LogP contribution in [0.1, 0.15) is 21.5 Å². The zero-order chi connectivity index (χ0) is 20.7. The molecule has 0 bridgehead atoms. The van der Waals surface area contributed by atoms with E-state index in [4.69, 9.17) is 10.7 Å². The predicted molar refractivity (Wildman–Crippen MR) is 116 cm³/mol. The maximum absolute atomic E-state index is 11.7. The zero-order valence-corrected chi connectivity index (χ0v) is 16.3. The number of para-hydroxylation sites is 1. The maximum Gasteiger partial charge on any atom is 0.165 e. The van der Waals surface area contributed by atoms with E-state index in [1.807, 2.05) is 47.9 Å². The molecule has 0 amide bonds. The first-order valence-electron chi connectivity index (χ1n) is 9.51. The van der Waals surface area contributed by atoms with Crippen molar-refractivity contribution in [2.45, 2.75) is 13.5 Å². The number of carbonyl (C=O) groups is 1. The third kappa shape index (κ3) is 2.88. The smallest absolute Gasteiger partial charge is 0.165 e. The van der Waals surface area contributed by atoms with Crippen molar-refractivity contribution in [1.82, 2.24) is 24.5 Å². The van der Waals surface area contributed by atoms with Gasteiger partial charge in [-0.15, -0.1) is 0 Å². The summed E-state index contributed by atoms with van der Waals surface area (Å²) < 4.78 is 1.92. The highest BCUT2D eigenvalue weighted by Crippen LogP contribution is 2.30. The van der Waals surface area contributed by atoms with Crippen LogP contribution in [0.2, 0.25) is 0 Å². The second kappa shape index (κ2) is 7.04. The second-order valence-electron chi connectivity index (χ2n) is 7.15. The van der Waals surface area contributed by atoms with Crippen LogP contribution in [-0.4, -0.2) is 30.8 Å². The first kappa shape index (κ1) is 17.9. The van der Waals surface area contributed by atoms with Gasteiger partial charge in [0.15, 0.2) is 17.8 Å². The Balaban J connectivity index is 1.75. The van der Waals surface area contributed by atoms with Gasteiger partial charge in [0.05, 0.1) is 24.1 Å². The van der Waals surface area contributed by atoms with Crippen molar-refractivity contribution in [3.8, 4) is 11.3 Å². The lowest BCUT2D eigenvalue weighted by atomic mass is 9.98. The molecule has 3 aromatic heterocycles. The Morgan fingerprint density at radius 3 is 2.77 bits per heavy atom. The highest BCUT2D eigenvalue weighted by atomic mass is 16.1. The van der Waals surface area contributed by atoms with Crippen molar-refractivity contribution in [3.63, 3.8) is 0 Å². The molecule has 0 aliphatic heterocycles. The van der Waals surface area contributed by atoms with Gasteiger partial charge in [-0.05, 0) is 24.1 Å². The minimum atomic E-state index is 0.345. The summed E-state index contributed by atoms with van der Waals surface area (Å²) in [5.74, 6) is 0.345. The summed E-state index contributed by atoms with van der Waals surface area (Å²) in [5, 5.41) is 1.04. The minimum Gasteiger partial charge on any atom is -0.382 e. The molecule has 0 aliphatic carbocycles. The molecule has 0 saturated carbocycles. The van der Waals surface area contributed by atoms with Crippen molar-refractivity contribution in [2.75, 3.05) is 5.73 Å². The number of imidazole rings is 1. The van der Waals surface area contributed by atoms with Gasteiger partial charge in [-0.1, -0.05) is 42.5 Å². The summed E-state index contributed by atoms with van der Waals surface area (Å²) in [6.45, 7) is 2.51. The summed E-state index contributed by atoms with van der Waals surface area (Å²) >= 11 is 0. The Hall–Kier alpha value is -4.13. The molecule has 2 aromatic carbocycles. The summed E-state index contributed by atoms with van der Waals surface area (Å²) in [7, 11) is 0. The normalized spacial score (nSPS) is 11.2. The Kier molecular flexibility index (Phi) is 4.21. The number of nitrogens with two attached hydrogens (primary N) is 1. The summed E-state index contributed by atoms with van der Waals surface area (Å²) in [5.41, 5.74) is 12.3. The van der Waals surface area contributed by atoms with Crippen LogP contribution >= 0.6 is 0 Å². The van der Waals surface area contributed by atoms with Crippen molar-refractivity contribution in [3.05, 3.63) is 77.9 Å². The second-order valence-corrected chi connectivity index (χ2v) is 7.15. The Bertz CT molecular complexity index is 1420. The van der Waals surface area contributed by atoms with Gasteiger partial charge in [0, 0.05) is 16.5 Å². The van der Waals surface area contributed by atoms with E-state index in [0.717, 1.165) is 39.6 Å². The average Bonchev–Trinajstić information content (AvgIpc) is 3.18. The number of aryl methyl sites for hydroxylation is 1. The monoisotopic (exact) mass is 394 g/mol. The number of hydrogen-bond donors (Lipinski definition) is 1. The number of carbonyl (C=O) groups excluding carboxylic acids is 1. The summed E-state index contributed by atoms with van der Waals surface area (Å²) in [4.78, 5) is 29.4. The number of anilines is 1. The third-order valence-electron chi connectivity index (χ3n) is 5.24. The van der Waals surface area contributed by atoms with E-state index in [0.29, 0.717) is 29.1 Å². The van der Waals surface area contributed by atoms with E-state index in [1.165, 1.54) is 6.33 Å². The van der Waals surface area contributed by atoms with Crippen LogP contribution in [0.25, 0.3) is 33.3 Å². The van der Waals surface area contributed by atoms with Gasteiger partial charge in [0.2, 0.25) is 0 Å². The molecule has 146 valence electrons. The highest BCUT2D eigenvalue weighted by Gasteiger charge is 2.16. The lowest BCUT2D eigenvalue weighted by Crippen LogP contribution is -2.05. The standard InChI is InChI=1S/C23H18N6O/c1-14-5-4-7-15-9-17(10-29-13-27-21-22(24)25-12-26-23(21)29)20(28-19(14)15)18-8-3-2-6-16(18)11-30/h2-9,11-13H,10H2,1H3,(H2,24,25,26). The molecule has 0 fully saturated rings. The Labute approximate surface area is 172 Å². The maximum atomic E-state index is 11.7. The molecular weight excluding hydrogens is 376 g/mol. The molecule has 5 rings (SSSR count). The Morgan fingerprint density at radius 2 is 1.90 bits per heavy atom. The van der Waals surface area contributed by atoms with Crippen molar-refractivity contribution < 1.29 is 4.79 Å². The topological polar surface area (TPSA) is 99.6 Å². The molecule has 0 saturated heterocycles. The number of aromatic nitrogens is 5. The number of rotatable bonds is 4. The minimum absolute atomic E-state index is 0.345. The van der Waals surface area contributed by atoms with Gasteiger partial charge in [-0.3, -0.25) is 4.79 Å². The van der Waals surface area contributed by atoms with Crippen LogP contribution in [0.15, 0.2) is 61.2 Å². The molecule has 0 atom stereocenters. The number of aldehydes is 1. The van der Waals surface area contributed by atoms with Gasteiger partial charge >= 0.3 is 0 Å². The van der Waals surface area contributed by atoms with Crippen molar-refractivity contribution in [1.29, 1.82) is 0 Å². The van der Waals surface area contributed by atoms with Crippen LogP contribution in [0.4, 0.5) is 5.82 Å². The van der Waals surface area contributed by atoms with Gasteiger partial charge in [-0.2, -0.15) is 0 Å². The SMILES string of the molecule is Cc1cccc2cc(Cn3cnc4c(N)ncnc43)c(-c3ccccc3C=O)nc12. The third-order valence-corrected chi connectivity index (χ3v) is 5.24. The lowest BCUT2D eigenvalue weighted by Gasteiger charge is -2.14. The average molecular weight is 394 g/mol. The number of nitrogens with zero attached hydrogens (tertiary/aromatic N) is 5. The molecule has 30 heavy (non-hydrogen) atoms. The van der Waals surface area contributed by atoms with Crippen LogP contribution in [0, 0.1) is 6.92 Å². The molecule has 2 N–H and O–H groups in total. The molecule has 7 nitrogen and oxygen atoms in total. The fourth-order valence-corrected chi connectivity index (χ4v) is 3.76.